The Morgan fingerprint density at radius 2 is 2.08 bits per heavy atom. The lowest BCUT2D eigenvalue weighted by Crippen LogP contribution is -2.37. The lowest BCUT2D eigenvalue weighted by atomic mass is 10.2. The van der Waals surface area contributed by atoms with E-state index in [4.69, 9.17) is 4.74 Å². The van der Waals surface area contributed by atoms with E-state index in [0.29, 0.717) is 6.42 Å². The topological polar surface area (TPSA) is 38.3 Å². The van der Waals surface area contributed by atoms with E-state index in [0.717, 1.165) is 0 Å². The maximum atomic E-state index is 11.0. The summed E-state index contributed by atoms with van der Waals surface area (Å²) in [7, 11) is 0. The fourth-order valence-electron chi connectivity index (χ4n) is 0.546. The molecule has 0 saturated carbocycles. The van der Waals surface area contributed by atoms with Gasteiger partial charge in [-0.05, 0) is 34.1 Å². The molecule has 1 amide bonds. The first-order valence-electron chi connectivity index (χ1n) is 3.97. The average molecular weight is 171 g/mol. The summed E-state index contributed by atoms with van der Waals surface area (Å²) in [5.74, 6) is 0. The monoisotopic (exact) mass is 171 g/mol. The van der Waals surface area contributed by atoms with Gasteiger partial charge in [-0.1, -0.05) is 6.92 Å². The molecule has 0 aromatic rings. The summed E-state index contributed by atoms with van der Waals surface area (Å²) in [6, 6.07) is -0.181. The average Bonchev–Trinajstić information content (AvgIpc) is 1.82. The zero-order chi connectivity index (χ0) is 9.78. The van der Waals surface area contributed by atoms with Gasteiger partial charge in [0.05, 0.1) is 0 Å². The van der Waals surface area contributed by atoms with Gasteiger partial charge in [0.2, 0.25) is 0 Å². The van der Waals surface area contributed by atoms with Crippen LogP contribution in [0.2, 0.25) is 0 Å². The minimum atomic E-state index is -0.453. The molecule has 1 atom stereocenters. The van der Waals surface area contributed by atoms with E-state index in [1.165, 1.54) is 0 Å². The Morgan fingerprint density at radius 1 is 1.58 bits per heavy atom. The smallest absolute Gasteiger partial charge is 0.407 e. The molecule has 70 valence electrons. The molecule has 0 aliphatic rings. The molecule has 0 heterocycles. The molecule has 2 radical (unpaired) electrons. The number of alkyl carbamates (subject to hydrolysis) is 1. The Labute approximate surface area is 74.5 Å². The summed E-state index contributed by atoms with van der Waals surface area (Å²) in [6.45, 7) is 12.7. The number of amides is 1. The van der Waals surface area contributed by atoms with Gasteiger partial charge in [0.25, 0.3) is 0 Å². The summed E-state index contributed by atoms with van der Waals surface area (Å²) in [5, 5.41) is 2.55. The van der Waals surface area contributed by atoms with Gasteiger partial charge in [-0.2, -0.15) is 0 Å². The molecule has 0 aromatic carbocycles. The molecule has 0 saturated heterocycles. The molecule has 0 rings (SSSR count). The van der Waals surface area contributed by atoms with E-state index in [2.05, 4.69) is 19.2 Å². The Kier molecular flexibility index (Phi) is 4.07. The highest BCUT2D eigenvalue weighted by atomic mass is 16.6. The van der Waals surface area contributed by atoms with Crippen LogP contribution in [0.3, 0.4) is 0 Å². The van der Waals surface area contributed by atoms with Gasteiger partial charge in [0.15, 0.2) is 0 Å². The first-order valence-corrected chi connectivity index (χ1v) is 3.97. The normalized spacial score (nSPS) is 13.8. The van der Waals surface area contributed by atoms with Crippen LogP contribution in [0.4, 0.5) is 4.79 Å². The van der Waals surface area contributed by atoms with Crippen LogP contribution in [0, 0.1) is 13.8 Å². The molecule has 0 fully saturated rings. The summed E-state index contributed by atoms with van der Waals surface area (Å²) >= 11 is 0. The fourth-order valence-corrected chi connectivity index (χ4v) is 0.546. The van der Waals surface area contributed by atoms with Crippen LogP contribution in [0.15, 0.2) is 0 Å². The Morgan fingerprint density at radius 3 is 2.42 bits per heavy atom. The van der Waals surface area contributed by atoms with Crippen molar-refractivity contribution >= 4 is 6.09 Å². The third kappa shape index (κ3) is 6.01. The first-order chi connectivity index (χ1) is 5.35. The fraction of sp³-hybridized carbons (Fsp3) is 0.667. The highest BCUT2D eigenvalue weighted by Crippen LogP contribution is 2.06. The molecule has 0 aliphatic heterocycles. The third-order valence-corrected chi connectivity index (χ3v) is 1.07. The Bertz CT molecular complexity index is 149. The Balaban J connectivity index is 3.75. The van der Waals surface area contributed by atoms with Crippen LogP contribution in [0.5, 0.6) is 0 Å². The van der Waals surface area contributed by atoms with Gasteiger partial charge in [-0.15, -0.1) is 0 Å². The van der Waals surface area contributed by atoms with Crippen LogP contribution >= 0.6 is 0 Å². The molecular weight excluding hydrogens is 154 g/mol. The maximum absolute atomic E-state index is 11.0. The van der Waals surface area contributed by atoms with Crippen LogP contribution in [0.25, 0.3) is 0 Å². The van der Waals surface area contributed by atoms with Crippen LogP contribution in [-0.4, -0.2) is 17.7 Å². The van der Waals surface area contributed by atoms with Crippen molar-refractivity contribution in [1.29, 1.82) is 0 Å². The minimum absolute atomic E-state index is 0.181. The molecule has 3 nitrogen and oxygen atoms in total. The molecule has 1 N–H and O–H groups in total. The van der Waals surface area contributed by atoms with Crippen molar-refractivity contribution in [3.63, 3.8) is 0 Å². The zero-order valence-electron chi connectivity index (χ0n) is 8.02. The van der Waals surface area contributed by atoms with Gasteiger partial charge in [-0.3, -0.25) is 0 Å². The number of ether oxygens (including phenoxy) is 1. The molecule has 3 heteroatoms. The van der Waals surface area contributed by atoms with E-state index < -0.39 is 11.7 Å². The van der Waals surface area contributed by atoms with Crippen LogP contribution < -0.4 is 5.32 Å². The standard InChI is InChI=1S/C9H17NO2/c1-6-7(2)10-8(11)12-9(3,4)5/h7H,1-2,6H2,3-5H3,(H,10,11)/t7-/m0/s1. The molecular formula is C9H17NO2. The first kappa shape index (κ1) is 11.3. The summed E-state index contributed by atoms with van der Waals surface area (Å²) < 4.78 is 4.99. The van der Waals surface area contributed by atoms with E-state index in [-0.39, 0.29) is 6.04 Å². The summed E-state index contributed by atoms with van der Waals surface area (Å²) in [6.07, 6.45) is 0.116. The highest BCUT2D eigenvalue weighted by Gasteiger charge is 2.16. The molecule has 12 heavy (non-hydrogen) atoms. The van der Waals surface area contributed by atoms with Crippen molar-refractivity contribution < 1.29 is 9.53 Å². The number of hydrogen-bond donors (Lipinski definition) is 1. The van der Waals surface area contributed by atoms with Crippen molar-refractivity contribution in [2.45, 2.75) is 38.8 Å². The van der Waals surface area contributed by atoms with Gasteiger partial charge >= 0.3 is 6.09 Å². The summed E-state index contributed by atoms with van der Waals surface area (Å²) in [4.78, 5) is 11.0. The third-order valence-electron chi connectivity index (χ3n) is 1.07. The van der Waals surface area contributed by atoms with Crippen molar-refractivity contribution in [2.24, 2.45) is 0 Å². The Hall–Kier alpha value is -0.730. The lowest BCUT2D eigenvalue weighted by molar-refractivity contribution is 0.0514. The van der Waals surface area contributed by atoms with Crippen molar-refractivity contribution in [2.75, 3.05) is 0 Å². The van der Waals surface area contributed by atoms with Gasteiger partial charge in [0.1, 0.15) is 5.60 Å². The van der Waals surface area contributed by atoms with Crippen molar-refractivity contribution in [3.05, 3.63) is 13.8 Å². The van der Waals surface area contributed by atoms with Gasteiger partial charge < -0.3 is 10.1 Å². The highest BCUT2D eigenvalue weighted by molar-refractivity contribution is 5.68. The van der Waals surface area contributed by atoms with Crippen molar-refractivity contribution in [1.82, 2.24) is 5.32 Å². The molecule has 0 aromatic heterocycles. The lowest BCUT2D eigenvalue weighted by Gasteiger charge is -2.21. The number of rotatable bonds is 2. The number of nitrogens with one attached hydrogen (secondary N) is 1. The molecule has 0 aliphatic carbocycles. The zero-order valence-corrected chi connectivity index (χ0v) is 8.02. The molecule has 0 unspecified atom stereocenters. The molecule has 0 bridgehead atoms. The van der Waals surface area contributed by atoms with E-state index in [1.807, 2.05) is 20.8 Å². The number of carbonyl (C=O) groups excluding carboxylic acids is 1. The quantitative estimate of drug-likeness (QED) is 0.689. The predicted octanol–water partition coefficient (Wildman–Crippen LogP) is 1.94. The molecule has 0 spiro atoms. The number of carbonyl (C=O) groups is 1. The van der Waals surface area contributed by atoms with Crippen molar-refractivity contribution in [3.8, 4) is 0 Å². The van der Waals surface area contributed by atoms with E-state index in [9.17, 15) is 4.79 Å². The second-order valence-corrected chi connectivity index (χ2v) is 3.63. The second kappa shape index (κ2) is 4.33. The minimum Gasteiger partial charge on any atom is -0.444 e. The van der Waals surface area contributed by atoms with Crippen LogP contribution in [-0.2, 0) is 4.74 Å². The predicted molar refractivity (Wildman–Crippen MR) is 48.5 cm³/mol. The largest absolute Gasteiger partial charge is 0.444 e. The van der Waals surface area contributed by atoms with Crippen LogP contribution in [0.1, 0.15) is 27.2 Å². The summed E-state index contributed by atoms with van der Waals surface area (Å²) in [5.41, 5.74) is -0.453. The second-order valence-electron chi connectivity index (χ2n) is 3.63. The number of hydrogen-bond acceptors (Lipinski definition) is 2. The SMILES string of the molecule is [CH2]C[C@H]([CH2])NC(=O)OC(C)(C)C. The van der Waals surface area contributed by atoms with E-state index in [1.54, 1.807) is 0 Å². The van der Waals surface area contributed by atoms with Gasteiger partial charge in [0, 0.05) is 6.04 Å². The van der Waals surface area contributed by atoms with Gasteiger partial charge in [-0.25, -0.2) is 4.79 Å². The maximum Gasteiger partial charge on any atom is 0.407 e. The van der Waals surface area contributed by atoms with E-state index >= 15 is 0 Å².